The van der Waals surface area contributed by atoms with E-state index < -0.39 is 30.5 Å². The van der Waals surface area contributed by atoms with Crippen LogP contribution in [0.15, 0.2) is 6.33 Å². The van der Waals surface area contributed by atoms with Crippen molar-refractivity contribution in [2.75, 3.05) is 18.4 Å². The van der Waals surface area contributed by atoms with Crippen LogP contribution in [0.4, 0.5) is 19.1 Å². The molecule has 10 heteroatoms. The standard InChI is InChI=1S/C9H10F3N5O2/c10-9(11,12)3-17-2-5(1-6(17)18)7(19)15-8-13-4-14-16-8/h4-5H,1-3H2,(H2,13,14,15,16,19)/t5-/m0/s1. The van der Waals surface area contributed by atoms with Gasteiger partial charge in [0, 0.05) is 13.0 Å². The highest BCUT2D eigenvalue weighted by atomic mass is 19.4. The van der Waals surface area contributed by atoms with E-state index in [1.54, 1.807) is 0 Å². The zero-order chi connectivity index (χ0) is 14.0. The molecular weight excluding hydrogens is 267 g/mol. The molecule has 1 fully saturated rings. The summed E-state index contributed by atoms with van der Waals surface area (Å²) in [6, 6.07) is 0. The molecule has 1 aromatic rings. The maximum absolute atomic E-state index is 12.2. The number of anilines is 1. The topological polar surface area (TPSA) is 91.0 Å². The van der Waals surface area contributed by atoms with Gasteiger partial charge in [-0.2, -0.15) is 23.3 Å². The fraction of sp³-hybridized carbons (Fsp3) is 0.556. The van der Waals surface area contributed by atoms with Crippen molar-refractivity contribution in [1.82, 2.24) is 20.1 Å². The lowest BCUT2D eigenvalue weighted by atomic mass is 10.1. The molecule has 0 spiro atoms. The molecule has 1 saturated heterocycles. The highest BCUT2D eigenvalue weighted by Crippen LogP contribution is 2.24. The zero-order valence-corrected chi connectivity index (χ0v) is 9.57. The quantitative estimate of drug-likeness (QED) is 0.823. The van der Waals surface area contributed by atoms with Crippen molar-refractivity contribution in [2.45, 2.75) is 12.6 Å². The lowest BCUT2D eigenvalue weighted by Gasteiger charge is -2.18. The second-order valence-corrected chi connectivity index (χ2v) is 4.11. The molecule has 0 bridgehead atoms. The Bertz CT molecular complexity index is 473. The first kappa shape index (κ1) is 13.3. The molecular formula is C9H10F3N5O2. The van der Waals surface area contributed by atoms with Crippen LogP contribution in [0, 0.1) is 5.92 Å². The Morgan fingerprint density at radius 3 is 2.89 bits per heavy atom. The zero-order valence-electron chi connectivity index (χ0n) is 9.57. The van der Waals surface area contributed by atoms with Gasteiger partial charge in [0.1, 0.15) is 12.9 Å². The number of carbonyl (C=O) groups is 2. The molecule has 0 radical (unpaired) electrons. The summed E-state index contributed by atoms with van der Waals surface area (Å²) in [6.45, 7) is -1.59. The monoisotopic (exact) mass is 277 g/mol. The summed E-state index contributed by atoms with van der Waals surface area (Å²) in [4.78, 5) is 27.4. The van der Waals surface area contributed by atoms with E-state index in [-0.39, 0.29) is 18.9 Å². The van der Waals surface area contributed by atoms with Crippen LogP contribution >= 0.6 is 0 Å². The number of H-pyrrole nitrogens is 1. The molecule has 2 rings (SSSR count). The molecule has 1 aliphatic heterocycles. The summed E-state index contributed by atoms with van der Waals surface area (Å²) in [5.74, 6) is -1.98. The van der Waals surface area contributed by atoms with Gasteiger partial charge in [0.2, 0.25) is 17.8 Å². The number of hydrogen-bond donors (Lipinski definition) is 2. The third-order valence-electron chi connectivity index (χ3n) is 2.61. The smallest absolute Gasteiger partial charge is 0.333 e. The van der Waals surface area contributed by atoms with Gasteiger partial charge in [-0.3, -0.25) is 14.9 Å². The maximum atomic E-state index is 12.2. The molecule has 104 valence electrons. The molecule has 0 unspecified atom stereocenters. The predicted molar refractivity (Wildman–Crippen MR) is 55.8 cm³/mol. The summed E-state index contributed by atoms with van der Waals surface area (Å²) in [6.07, 6.45) is -3.53. The van der Waals surface area contributed by atoms with Gasteiger partial charge in [0.15, 0.2) is 0 Å². The summed E-state index contributed by atoms with van der Waals surface area (Å²) >= 11 is 0. The first-order valence-electron chi connectivity index (χ1n) is 5.36. The van der Waals surface area contributed by atoms with Crippen LogP contribution in [0.25, 0.3) is 0 Å². The number of amides is 2. The van der Waals surface area contributed by atoms with Gasteiger partial charge in [0.25, 0.3) is 0 Å². The maximum Gasteiger partial charge on any atom is 0.406 e. The first-order chi connectivity index (χ1) is 8.85. The number of aromatic nitrogens is 3. The molecule has 0 saturated carbocycles. The third kappa shape index (κ3) is 3.42. The number of likely N-dealkylation sites (tertiary alicyclic amines) is 1. The minimum atomic E-state index is -4.47. The lowest BCUT2D eigenvalue weighted by molar-refractivity contribution is -0.157. The second kappa shape index (κ2) is 4.86. The highest BCUT2D eigenvalue weighted by molar-refractivity contribution is 5.96. The molecule has 19 heavy (non-hydrogen) atoms. The first-order valence-corrected chi connectivity index (χ1v) is 5.36. The molecule has 1 aromatic heterocycles. The fourth-order valence-corrected chi connectivity index (χ4v) is 1.80. The van der Waals surface area contributed by atoms with Crippen molar-refractivity contribution in [3.63, 3.8) is 0 Å². The number of rotatable bonds is 3. The normalized spacial score (nSPS) is 19.8. The SMILES string of the molecule is O=C(Nc1ncn[nH]1)[C@H]1CC(=O)N(CC(F)(F)F)C1. The van der Waals surface area contributed by atoms with E-state index >= 15 is 0 Å². The van der Waals surface area contributed by atoms with E-state index in [1.807, 2.05) is 0 Å². The molecule has 0 aromatic carbocycles. The summed E-state index contributed by atoms with van der Waals surface area (Å²) in [5, 5.41) is 8.22. The average molecular weight is 277 g/mol. The third-order valence-corrected chi connectivity index (χ3v) is 2.61. The summed E-state index contributed by atoms with van der Waals surface area (Å²) in [5.41, 5.74) is 0. The van der Waals surface area contributed by atoms with E-state index in [1.165, 1.54) is 6.33 Å². The van der Waals surface area contributed by atoms with Gasteiger partial charge in [-0.05, 0) is 0 Å². The molecule has 2 heterocycles. The van der Waals surface area contributed by atoms with E-state index in [0.29, 0.717) is 4.90 Å². The summed E-state index contributed by atoms with van der Waals surface area (Å²) < 4.78 is 36.6. The average Bonchev–Trinajstić information content (AvgIpc) is 2.88. The Morgan fingerprint density at radius 1 is 1.58 bits per heavy atom. The number of nitrogens with one attached hydrogen (secondary N) is 2. The minimum absolute atomic E-state index is 0.0896. The van der Waals surface area contributed by atoms with Crippen molar-refractivity contribution in [3.8, 4) is 0 Å². The number of aromatic amines is 1. The van der Waals surface area contributed by atoms with E-state index in [0.717, 1.165) is 0 Å². The Morgan fingerprint density at radius 2 is 2.32 bits per heavy atom. The second-order valence-electron chi connectivity index (χ2n) is 4.11. The lowest BCUT2D eigenvalue weighted by Crippen LogP contribution is -2.36. The number of hydrogen-bond acceptors (Lipinski definition) is 4. The van der Waals surface area contributed by atoms with Gasteiger partial charge >= 0.3 is 6.18 Å². The van der Waals surface area contributed by atoms with Crippen LogP contribution in [0.5, 0.6) is 0 Å². The van der Waals surface area contributed by atoms with Crippen LogP contribution in [-0.2, 0) is 9.59 Å². The Hall–Kier alpha value is -2.13. The van der Waals surface area contributed by atoms with Crippen molar-refractivity contribution in [3.05, 3.63) is 6.33 Å². The van der Waals surface area contributed by atoms with Crippen LogP contribution < -0.4 is 5.32 Å². The number of carbonyl (C=O) groups excluding carboxylic acids is 2. The molecule has 0 aliphatic carbocycles. The number of halogens is 3. The number of alkyl halides is 3. The van der Waals surface area contributed by atoms with Crippen LogP contribution in [-0.4, -0.2) is 51.2 Å². The van der Waals surface area contributed by atoms with E-state index in [4.69, 9.17) is 0 Å². The highest BCUT2D eigenvalue weighted by Gasteiger charge is 2.40. The van der Waals surface area contributed by atoms with E-state index in [2.05, 4.69) is 20.5 Å². The molecule has 2 N–H and O–H groups in total. The van der Waals surface area contributed by atoms with Crippen LogP contribution in [0.2, 0.25) is 0 Å². The van der Waals surface area contributed by atoms with Gasteiger partial charge in [-0.15, -0.1) is 0 Å². The van der Waals surface area contributed by atoms with Crippen molar-refractivity contribution in [1.29, 1.82) is 0 Å². The fourth-order valence-electron chi connectivity index (χ4n) is 1.80. The predicted octanol–water partition coefficient (Wildman–Crippen LogP) is 0.154. The van der Waals surface area contributed by atoms with Gasteiger partial charge in [0.05, 0.1) is 5.92 Å². The minimum Gasteiger partial charge on any atom is -0.333 e. The van der Waals surface area contributed by atoms with Gasteiger partial charge in [-0.1, -0.05) is 0 Å². The largest absolute Gasteiger partial charge is 0.406 e. The van der Waals surface area contributed by atoms with Gasteiger partial charge in [-0.25, -0.2) is 5.10 Å². The Balaban J connectivity index is 1.93. The molecule has 2 amide bonds. The van der Waals surface area contributed by atoms with Crippen molar-refractivity contribution < 1.29 is 22.8 Å². The van der Waals surface area contributed by atoms with Crippen molar-refractivity contribution >= 4 is 17.8 Å². The van der Waals surface area contributed by atoms with Crippen LogP contribution in [0.1, 0.15) is 6.42 Å². The van der Waals surface area contributed by atoms with Gasteiger partial charge < -0.3 is 4.90 Å². The number of nitrogens with zero attached hydrogens (tertiary/aromatic N) is 3. The molecule has 7 nitrogen and oxygen atoms in total. The molecule has 1 atom stereocenters. The van der Waals surface area contributed by atoms with E-state index in [9.17, 15) is 22.8 Å². The Kier molecular flexibility index (Phi) is 3.40. The Labute approximate surface area is 105 Å². The van der Waals surface area contributed by atoms with Crippen molar-refractivity contribution in [2.24, 2.45) is 5.92 Å². The van der Waals surface area contributed by atoms with Crippen LogP contribution in [0.3, 0.4) is 0 Å². The summed E-state index contributed by atoms with van der Waals surface area (Å²) in [7, 11) is 0. The molecule has 1 aliphatic rings.